The number of esters is 2. The van der Waals surface area contributed by atoms with E-state index in [0.29, 0.717) is 28.5 Å². The van der Waals surface area contributed by atoms with Crippen LogP contribution in [0.15, 0.2) is 97.1 Å². The predicted molar refractivity (Wildman–Crippen MR) is 234 cm³/mol. The second-order valence-electron chi connectivity index (χ2n) is 13.2. The van der Waals surface area contributed by atoms with Gasteiger partial charge in [-0.25, -0.2) is 9.59 Å². The van der Waals surface area contributed by atoms with Gasteiger partial charge in [-0.3, -0.25) is 9.59 Å². The Balaban J connectivity index is -0.000000209. The fourth-order valence-electron chi connectivity index (χ4n) is 4.37. The second kappa shape index (κ2) is 37.6. The molecule has 12 nitrogen and oxygen atoms in total. The van der Waals surface area contributed by atoms with E-state index in [1.165, 1.54) is 38.7 Å². The fraction of sp³-hybridized carbons (Fsp3) is 0.356. The molecule has 5 rings (SSSR count). The van der Waals surface area contributed by atoms with Crippen molar-refractivity contribution in [1.82, 2.24) is 0 Å². The van der Waals surface area contributed by atoms with E-state index in [1.807, 2.05) is 42.5 Å². The smallest absolute Gasteiger partial charge is 1.00 e. The molecule has 0 radical (unpaired) electrons. The number of carboxylic acid groups (broad SMARTS) is 1. The van der Waals surface area contributed by atoms with Gasteiger partial charge in [0.25, 0.3) is 5.97 Å². The van der Waals surface area contributed by atoms with E-state index < -0.39 is 23.1 Å². The third-order valence-electron chi connectivity index (χ3n) is 7.41. The SMILES string of the molecule is C1CCOC1.CC(=O)O.CC(C)(O)c1cccc(CBr)c1.CC(C)(O)c1cccc(CO)c1.COC(=O)c1cccc(C=O)c1.COC(=O)c1cccc(CO)c1.[Br-].[CH3-].[Mg+2].[Zn]. The van der Waals surface area contributed by atoms with Crippen molar-refractivity contribution in [3.63, 3.8) is 0 Å². The topological polar surface area (TPSA) is 197 Å². The van der Waals surface area contributed by atoms with Crippen LogP contribution in [0.3, 0.4) is 0 Å². The first-order valence-electron chi connectivity index (χ1n) is 17.9. The van der Waals surface area contributed by atoms with Gasteiger partial charge in [-0.2, -0.15) is 0 Å². The van der Waals surface area contributed by atoms with Crippen LogP contribution in [0.4, 0.5) is 0 Å². The normalized spacial score (nSPS) is 10.6. The average Bonchev–Trinajstić information content (AvgIpc) is 3.81. The molecule has 1 aliphatic rings. The Morgan fingerprint density at radius 2 is 1.07 bits per heavy atom. The molecule has 0 bridgehead atoms. The summed E-state index contributed by atoms with van der Waals surface area (Å²) in [6.07, 6.45) is 3.24. The van der Waals surface area contributed by atoms with Crippen molar-refractivity contribution >= 4 is 63.2 Å². The largest absolute Gasteiger partial charge is 2.00 e. The molecule has 330 valence electrons. The molecule has 1 fully saturated rings. The summed E-state index contributed by atoms with van der Waals surface area (Å²) in [6.45, 7) is 10.1. The van der Waals surface area contributed by atoms with Gasteiger partial charge in [0.05, 0.1) is 49.8 Å². The Hall–Kier alpha value is -2.89. The van der Waals surface area contributed by atoms with Crippen LogP contribution < -0.4 is 17.0 Å². The molecule has 0 spiro atoms. The Bertz CT molecular complexity index is 1720. The molecule has 0 unspecified atom stereocenters. The second-order valence-corrected chi connectivity index (χ2v) is 13.8. The van der Waals surface area contributed by atoms with Crippen molar-refractivity contribution in [1.29, 1.82) is 0 Å². The van der Waals surface area contributed by atoms with Crippen molar-refractivity contribution in [2.45, 2.75) is 77.2 Å². The number of alkyl halides is 1. The predicted octanol–water partition coefficient (Wildman–Crippen LogP) is 4.43. The van der Waals surface area contributed by atoms with Crippen LogP contribution in [-0.2, 0) is 68.2 Å². The summed E-state index contributed by atoms with van der Waals surface area (Å²) in [6, 6.07) is 28.3. The molecule has 1 heterocycles. The molecule has 4 aromatic rings. The third-order valence-corrected chi connectivity index (χ3v) is 8.05. The molecule has 4 aromatic carbocycles. The van der Waals surface area contributed by atoms with Crippen molar-refractivity contribution in [2.24, 2.45) is 0 Å². The van der Waals surface area contributed by atoms with Gasteiger partial charge in [0, 0.05) is 50.5 Å². The maximum Gasteiger partial charge on any atom is 2.00 e. The Kier molecular flexibility index (Phi) is 41.5. The summed E-state index contributed by atoms with van der Waals surface area (Å²) in [5.41, 5.74) is 4.27. The molecule has 0 aromatic heterocycles. The molecule has 0 saturated carbocycles. The van der Waals surface area contributed by atoms with Gasteiger partial charge in [0.15, 0.2) is 0 Å². The minimum Gasteiger partial charge on any atom is -1.00 e. The first-order valence-corrected chi connectivity index (χ1v) is 19.0. The number of carbonyl (C=O) groups excluding carboxylic acids is 3. The van der Waals surface area contributed by atoms with Gasteiger partial charge in [0.2, 0.25) is 0 Å². The van der Waals surface area contributed by atoms with Crippen LogP contribution in [-0.4, -0.2) is 100 Å². The third kappa shape index (κ3) is 31.6. The average molecular weight is 1040 g/mol. The number of benzene rings is 4. The van der Waals surface area contributed by atoms with Crippen molar-refractivity contribution < 1.29 is 95.4 Å². The van der Waals surface area contributed by atoms with Crippen LogP contribution in [0, 0.1) is 7.43 Å². The Morgan fingerprint density at radius 3 is 1.41 bits per heavy atom. The van der Waals surface area contributed by atoms with E-state index >= 15 is 0 Å². The van der Waals surface area contributed by atoms with Gasteiger partial charge in [-0.15, -0.1) is 0 Å². The first-order chi connectivity index (χ1) is 26.9. The first kappa shape index (κ1) is 67.2. The molecule has 0 atom stereocenters. The van der Waals surface area contributed by atoms with Crippen LogP contribution in [0.2, 0.25) is 0 Å². The van der Waals surface area contributed by atoms with E-state index in [1.54, 1.807) is 76.2 Å². The maximum absolute atomic E-state index is 11.0. The number of carboxylic acids is 1. The van der Waals surface area contributed by atoms with Gasteiger partial charge in [-0.1, -0.05) is 88.7 Å². The molecule has 0 aliphatic carbocycles. The zero-order valence-corrected chi connectivity index (χ0v) is 44.1. The summed E-state index contributed by atoms with van der Waals surface area (Å²) in [4.78, 5) is 41.2. The minimum absolute atomic E-state index is 0. The monoisotopic (exact) mass is 1040 g/mol. The number of aliphatic hydroxyl groups is 4. The van der Waals surface area contributed by atoms with Crippen molar-refractivity contribution in [2.75, 3.05) is 27.4 Å². The quantitative estimate of drug-likeness (QED) is 0.0549. The summed E-state index contributed by atoms with van der Waals surface area (Å²) in [5, 5.41) is 45.2. The number of halogens is 2. The van der Waals surface area contributed by atoms with E-state index in [-0.39, 0.29) is 86.1 Å². The van der Waals surface area contributed by atoms with E-state index in [9.17, 15) is 24.6 Å². The summed E-state index contributed by atoms with van der Waals surface area (Å²) >= 11 is 3.38. The van der Waals surface area contributed by atoms with Crippen molar-refractivity contribution in [3.05, 3.63) is 149 Å². The minimum atomic E-state index is -0.833. The molecular weight excluding hydrogens is 982 g/mol. The van der Waals surface area contributed by atoms with Crippen LogP contribution in [0.25, 0.3) is 0 Å². The molecular formula is C45H60Br2MgO12Zn. The van der Waals surface area contributed by atoms with Gasteiger partial charge < -0.3 is 64.2 Å². The van der Waals surface area contributed by atoms with Crippen LogP contribution >= 0.6 is 15.9 Å². The molecule has 0 amide bonds. The number of aliphatic carboxylic acids is 1. The van der Waals surface area contributed by atoms with Crippen molar-refractivity contribution in [3.8, 4) is 0 Å². The van der Waals surface area contributed by atoms with E-state index in [0.717, 1.165) is 42.2 Å². The molecule has 16 heteroatoms. The van der Waals surface area contributed by atoms with E-state index in [2.05, 4.69) is 25.4 Å². The van der Waals surface area contributed by atoms with Crippen LogP contribution in [0.1, 0.15) is 106 Å². The number of rotatable bonds is 8. The Labute approximate surface area is 409 Å². The van der Waals surface area contributed by atoms with Crippen LogP contribution in [0.5, 0.6) is 0 Å². The van der Waals surface area contributed by atoms with E-state index in [4.69, 9.17) is 24.9 Å². The number of aldehydes is 1. The summed E-state index contributed by atoms with van der Waals surface area (Å²) < 4.78 is 13.9. The van der Waals surface area contributed by atoms with Gasteiger partial charge in [0.1, 0.15) is 6.29 Å². The number of methoxy groups -OCH3 is 2. The number of hydrogen-bond donors (Lipinski definition) is 5. The molecule has 61 heavy (non-hydrogen) atoms. The number of aliphatic hydroxyl groups excluding tert-OH is 2. The number of hydrogen-bond acceptors (Lipinski definition) is 11. The Morgan fingerprint density at radius 1 is 0.705 bits per heavy atom. The number of ether oxygens (including phenoxy) is 3. The molecule has 5 N–H and O–H groups in total. The van der Waals surface area contributed by atoms with Gasteiger partial charge >= 0.3 is 35.0 Å². The fourth-order valence-corrected chi connectivity index (χ4v) is 4.72. The molecule has 1 aliphatic heterocycles. The molecule has 1 saturated heterocycles. The zero-order valence-electron chi connectivity index (χ0n) is 36.5. The zero-order chi connectivity index (χ0) is 43.4. The maximum atomic E-state index is 11.0. The summed E-state index contributed by atoms with van der Waals surface area (Å²) in [5.74, 6) is -1.65. The van der Waals surface area contributed by atoms with Gasteiger partial charge in [-0.05, 0) is 92.6 Å². The standard InChI is InChI=1S/C10H13BrO.C10H14O2.C9H10O3.C9H8O3.C4H8O.C2H4O2.CH3.BrH.Mg.Zn/c2*1-10(2,12)9-5-3-4-8(6-9)7-11;2*1-12-9(11)8-4-2-3-7(5-8)6-10;1-2-4-5-3-1;1-2(3)4;;;;/h3-6,12H,7H2,1-2H3;3-6,11-12H,7H2,1-2H3;2-5,10H,6H2,1H3;2-6H,1H3;1-4H2;1H3,(H,3,4);1H3;1H;;/q;;;;;;-1;;+2;/p-1. The summed E-state index contributed by atoms with van der Waals surface area (Å²) in [7, 11) is 2.63. The number of carbonyl (C=O) groups is 4.